The quantitative estimate of drug-likeness (QED) is 0.669. The van der Waals surface area contributed by atoms with Gasteiger partial charge in [-0.3, -0.25) is 4.79 Å². The van der Waals surface area contributed by atoms with Crippen LogP contribution in [0.25, 0.3) is 5.78 Å². The Balaban J connectivity index is 1.61. The lowest BCUT2D eigenvalue weighted by Gasteiger charge is -2.09. The van der Waals surface area contributed by atoms with Crippen LogP contribution in [0.15, 0.2) is 41.3 Å². The van der Waals surface area contributed by atoms with Crippen molar-refractivity contribution >= 4 is 11.7 Å². The van der Waals surface area contributed by atoms with Crippen molar-refractivity contribution < 1.29 is 27.4 Å². The molecule has 3 aromatic rings. The molecule has 2 heterocycles. The topological polar surface area (TPSA) is 99.8 Å². The number of hydrogen-bond donors (Lipinski definition) is 1. The molecule has 0 unspecified atom stereocenters. The minimum Gasteiger partial charge on any atom is -0.481 e. The molecule has 3 rings (SSSR count). The SMILES string of the molecule is COc1ccn2c(=O)n(CC(=O)NCc3ccc(OC(F)(F)F)cc3)nc2n1. The Morgan fingerprint density at radius 2 is 1.93 bits per heavy atom. The molecule has 12 heteroatoms. The van der Waals surface area contributed by atoms with Crippen LogP contribution in [0.5, 0.6) is 11.6 Å². The van der Waals surface area contributed by atoms with Gasteiger partial charge >= 0.3 is 12.1 Å². The Bertz CT molecular complexity index is 1040. The predicted octanol–water partition coefficient (Wildman–Crippen LogP) is 1.11. The summed E-state index contributed by atoms with van der Waals surface area (Å²) in [6.45, 7) is -0.293. The summed E-state index contributed by atoms with van der Waals surface area (Å²) in [5, 5.41) is 6.51. The zero-order valence-corrected chi connectivity index (χ0v) is 14.4. The molecule has 0 spiro atoms. The first-order chi connectivity index (χ1) is 13.2. The number of rotatable bonds is 6. The van der Waals surface area contributed by atoms with Gasteiger partial charge in [0.2, 0.25) is 11.8 Å². The highest BCUT2D eigenvalue weighted by Gasteiger charge is 2.30. The number of hydrogen-bond acceptors (Lipinski definition) is 6. The van der Waals surface area contributed by atoms with Crippen LogP contribution >= 0.6 is 0 Å². The molecule has 9 nitrogen and oxygen atoms in total. The average Bonchev–Trinajstić information content (AvgIpc) is 2.94. The third-order valence-corrected chi connectivity index (χ3v) is 3.58. The molecule has 1 aromatic carbocycles. The van der Waals surface area contributed by atoms with Gasteiger partial charge in [-0.05, 0) is 17.7 Å². The number of amides is 1. The summed E-state index contributed by atoms with van der Waals surface area (Å²) in [6.07, 6.45) is -3.34. The van der Waals surface area contributed by atoms with E-state index >= 15 is 0 Å². The summed E-state index contributed by atoms with van der Waals surface area (Å²) in [7, 11) is 1.42. The molecule has 0 bridgehead atoms. The van der Waals surface area contributed by atoms with Crippen LogP contribution in [0.3, 0.4) is 0 Å². The summed E-state index contributed by atoms with van der Waals surface area (Å²) in [5.74, 6) is -0.515. The van der Waals surface area contributed by atoms with Crippen molar-refractivity contribution in [1.82, 2.24) is 24.5 Å². The lowest BCUT2D eigenvalue weighted by atomic mass is 10.2. The molecule has 0 aliphatic rings. The molecule has 0 atom stereocenters. The summed E-state index contributed by atoms with van der Waals surface area (Å²) < 4.78 is 47.2. The maximum atomic E-state index is 12.2. The number of ether oxygens (including phenoxy) is 2. The van der Waals surface area contributed by atoms with E-state index in [9.17, 15) is 22.8 Å². The van der Waals surface area contributed by atoms with Gasteiger partial charge in [0.25, 0.3) is 5.78 Å². The molecule has 0 aliphatic heterocycles. The Labute approximate surface area is 155 Å². The number of methoxy groups -OCH3 is 1. The van der Waals surface area contributed by atoms with E-state index in [1.165, 1.54) is 31.5 Å². The van der Waals surface area contributed by atoms with Gasteiger partial charge in [-0.2, -0.15) is 4.98 Å². The van der Waals surface area contributed by atoms with E-state index < -0.39 is 18.0 Å². The number of carbonyl (C=O) groups excluding carboxylic acids is 1. The van der Waals surface area contributed by atoms with Gasteiger partial charge in [-0.25, -0.2) is 13.9 Å². The van der Waals surface area contributed by atoms with Crippen molar-refractivity contribution in [3.05, 3.63) is 52.6 Å². The van der Waals surface area contributed by atoms with Crippen LogP contribution < -0.4 is 20.5 Å². The number of fused-ring (bicyclic) bond motifs is 1. The second-order valence-electron chi connectivity index (χ2n) is 5.55. The zero-order chi connectivity index (χ0) is 20.3. The number of nitrogens with zero attached hydrogens (tertiary/aromatic N) is 4. The molecule has 2 aromatic heterocycles. The maximum Gasteiger partial charge on any atom is 0.573 e. The zero-order valence-electron chi connectivity index (χ0n) is 14.4. The van der Waals surface area contributed by atoms with Crippen molar-refractivity contribution in [2.75, 3.05) is 7.11 Å². The van der Waals surface area contributed by atoms with Crippen LogP contribution in [0.4, 0.5) is 13.2 Å². The van der Waals surface area contributed by atoms with Gasteiger partial charge in [-0.1, -0.05) is 12.1 Å². The summed E-state index contributed by atoms with van der Waals surface area (Å²) >= 11 is 0. The van der Waals surface area contributed by atoms with Crippen LogP contribution in [0.1, 0.15) is 5.56 Å². The number of nitrogens with one attached hydrogen (secondary N) is 1. The predicted molar refractivity (Wildman–Crippen MR) is 88.8 cm³/mol. The van der Waals surface area contributed by atoms with Crippen molar-refractivity contribution in [3.8, 4) is 11.6 Å². The first-order valence-electron chi connectivity index (χ1n) is 7.87. The molecular weight excluding hydrogens is 383 g/mol. The average molecular weight is 397 g/mol. The Morgan fingerprint density at radius 1 is 1.21 bits per heavy atom. The molecule has 0 aliphatic carbocycles. The Morgan fingerprint density at radius 3 is 2.57 bits per heavy atom. The van der Waals surface area contributed by atoms with E-state index in [2.05, 4.69) is 20.1 Å². The molecule has 148 valence electrons. The molecule has 0 radical (unpaired) electrons. The fraction of sp³-hybridized carbons (Fsp3) is 0.250. The largest absolute Gasteiger partial charge is 0.573 e. The Hall–Kier alpha value is -3.57. The normalized spacial score (nSPS) is 11.4. The van der Waals surface area contributed by atoms with Gasteiger partial charge in [-0.15, -0.1) is 18.3 Å². The molecule has 1 amide bonds. The number of halogens is 3. The second-order valence-corrected chi connectivity index (χ2v) is 5.55. The minimum absolute atomic E-state index is 0.0549. The highest BCUT2D eigenvalue weighted by Crippen LogP contribution is 2.22. The van der Waals surface area contributed by atoms with E-state index in [1.54, 1.807) is 0 Å². The summed E-state index contributed by atoms with van der Waals surface area (Å²) in [6, 6.07) is 6.53. The summed E-state index contributed by atoms with van der Waals surface area (Å²) in [5.41, 5.74) is 0.00517. The van der Waals surface area contributed by atoms with Gasteiger partial charge in [0, 0.05) is 18.8 Å². The number of benzene rings is 1. The highest BCUT2D eigenvalue weighted by atomic mass is 19.4. The van der Waals surface area contributed by atoms with E-state index in [0.29, 0.717) is 5.56 Å². The first-order valence-corrected chi connectivity index (χ1v) is 7.87. The van der Waals surface area contributed by atoms with Crippen molar-refractivity contribution in [3.63, 3.8) is 0 Å². The van der Waals surface area contributed by atoms with Gasteiger partial charge in [0.15, 0.2) is 0 Å². The smallest absolute Gasteiger partial charge is 0.481 e. The monoisotopic (exact) mass is 397 g/mol. The lowest BCUT2D eigenvalue weighted by Crippen LogP contribution is -2.32. The van der Waals surface area contributed by atoms with Crippen LogP contribution in [0, 0.1) is 0 Å². The molecule has 0 saturated heterocycles. The van der Waals surface area contributed by atoms with E-state index in [0.717, 1.165) is 21.2 Å². The van der Waals surface area contributed by atoms with Crippen LogP contribution in [-0.2, 0) is 17.9 Å². The number of carbonyl (C=O) groups is 1. The van der Waals surface area contributed by atoms with Gasteiger partial charge in [0.05, 0.1) is 7.11 Å². The second kappa shape index (κ2) is 7.58. The van der Waals surface area contributed by atoms with E-state index in [4.69, 9.17) is 4.74 Å². The van der Waals surface area contributed by atoms with Crippen molar-refractivity contribution in [2.45, 2.75) is 19.5 Å². The van der Waals surface area contributed by atoms with E-state index in [1.807, 2.05) is 0 Å². The van der Waals surface area contributed by atoms with Crippen LogP contribution in [-0.4, -0.2) is 38.5 Å². The van der Waals surface area contributed by atoms with Crippen molar-refractivity contribution in [1.29, 1.82) is 0 Å². The van der Waals surface area contributed by atoms with Gasteiger partial charge < -0.3 is 14.8 Å². The molecule has 28 heavy (non-hydrogen) atoms. The third-order valence-electron chi connectivity index (χ3n) is 3.58. The van der Waals surface area contributed by atoms with Gasteiger partial charge in [0.1, 0.15) is 12.3 Å². The standard InChI is InChI=1S/C16H14F3N5O4/c1-27-13-6-7-23-14(21-13)22-24(15(23)26)9-12(25)20-8-10-2-4-11(5-3-10)28-16(17,18)19/h2-7H,8-9H2,1H3,(H,20,25). The van der Waals surface area contributed by atoms with Crippen LogP contribution in [0.2, 0.25) is 0 Å². The highest BCUT2D eigenvalue weighted by molar-refractivity contribution is 5.75. The third kappa shape index (κ3) is 4.58. The first kappa shape index (κ1) is 19.2. The Kier molecular flexibility index (Phi) is 5.20. The summed E-state index contributed by atoms with van der Waals surface area (Å²) in [4.78, 5) is 28.2. The molecular formula is C16H14F3N5O4. The van der Waals surface area contributed by atoms with E-state index in [-0.39, 0.29) is 30.5 Å². The fourth-order valence-corrected chi connectivity index (χ4v) is 2.31. The maximum absolute atomic E-state index is 12.2. The number of aromatic nitrogens is 4. The lowest BCUT2D eigenvalue weighted by molar-refractivity contribution is -0.274. The molecule has 0 fully saturated rings. The number of alkyl halides is 3. The molecule has 0 saturated carbocycles. The van der Waals surface area contributed by atoms with Crippen molar-refractivity contribution in [2.24, 2.45) is 0 Å². The minimum atomic E-state index is -4.77. The fourth-order valence-electron chi connectivity index (χ4n) is 2.31. The molecule has 1 N–H and O–H groups in total.